The zero-order valence-electron chi connectivity index (χ0n) is 20.1. The summed E-state index contributed by atoms with van der Waals surface area (Å²) in [5.74, 6) is 0.276. The summed E-state index contributed by atoms with van der Waals surface area (Å²) < 4.78 is 0. The van der Waals surface area contributed by atoms with E-state index in [2.05, 4.69) is 54.1 Å². The highest BCUT2D eigenvalue weighted by atomic mass is 16.2. The fourth-order valence-corrected chi connectivity index (χ4v) is 5.67. The van der Waals surface area contributed by atoms with E-state index < -0.39 is 6.04 Å². The summed E-state index contributed by atoms with van der Waals surface area (Å²) in [5, 5.41) is 3.62. The molecule has 3 saturated heterocycles. The quantitative estimate of drug-likeness (QED) is 0.784. The Morgan fingerprint density at radius 3 is 2.39 bits per heavy atom. The van der Waals surface area contributed by atoms with Crippen LogP contribution < -0.4 is 10.2 Å². The molecule has 0 spiro atoms. The number of likely N-dealkylation sites (N-methyl/N-ethyl adjacent to an activating group) is 1. The van der Waals surface area contributed by atoms with Gasteiger partial charge in [0.15, 0.2) is 0 Å². The second kappa shape index (κ2) is 8.15. The van der Waals surface area contributed by atoms with Gasteiger partial charge >= 0.3 is 6.03 Å². The first-order chi connectivity index (χ1) is 15.7. The zero-order valence-corrected chi connectivity index (χ0v) is 20.1. The molecule has 5 rings (SSSR count). The van der Waals surface area contributed by atoms with Gasteiger partial charge in [-0.3, -0.25) is 19.9 Å². The largest absolute Gasteiger partial charge is 0.343 e. The van der Waals surface area contributed by atoms with E-state index >= 15 is 0 Å². The second-order valence-corrected chi connectivity index (χ2v) is 10.0. The summed E-state index contributed by atoms with van der Waals surface area (Å²) in [6.07, 6.45) is -0.474. The third-order valence-electron chi connectivity index (χ3n) is 7.05. The Hall–Kier alpha value is -2.90. The van der Waals surface area contributed by atoms with Gasteiger partial charge in [-0.2, -0.15) is 0 Å². The Morgan fingerprint density at radius 1 is 0.970 bits per heavy atom. The first kappa shape index (κ1) is 21.9. The minimum absolute atomic E-state index is 0.117. The molecule has 2 aromatic rings. The van der Waals surface area contributed by atoms with Crippen molar-refractivity contribution in [2.45, 2.75) is 52.7 Å². The fourth-order valence-electron chi connectivity index (χ4n) is 5.67. The third-order valence-corrected chi connectivity index (χ3v) is 7.05. The van der Waals surface area contributed by atoms with Crippen LogP contribution in [0.1, 0.15) is 29.2 Å². The molecule has 3 fully saturated rings. The first-order valence-corrected chi connectivity index (χ1v) is 11.7. The number of imide groups is 1. The Labute approximate surface area is 195 Å². The summed E-state index contributed by atoms with van der Waals surface area (Å²) in [5.41, 5.74) is 5.68. The van der Waals surface area contributed by atoms with Gasteiger partial charge in [0, 0.05) is 25.8 Å². The van der Waals surface area contributed by atoms with Crippen LogP contribution >= 0.6 is 0 Å². The monoisotopic (exact) mass is 447 g/mol. The van der Waals surface area contributed by atoms with Crippen molar-refractivity contribution in [3.05, 3.63) is 64.7 Å². The normalized spacial score (nSPS) is 27.7. The molecule has 7 nitrogen and oxygen atoms in total. The van der Waals surface area contributed by atoms with Gasteiger partial charge in [-0.1, -0.05) is 42.8 Å². The second-order valence-electron chi connectivity index (χ2n) is 10.0. The lowest BCUT2D eigenvalue weighted by molar-refractivity contribution is -0.139. The predicted octanol–water partition coefficient (Wildman–Crippen LogP) is 3.05. The molecule has 3 aliphatic heterocycles. The van der Waals surface area contributed by atoms with Crippen molar-refractivity contribution in [1.29, 1.82) is 0 Å². The SMILES string of the molecule is Cc1cccc(CN2C(=O)C3C(NC4N(c5cc(C)cc(C)c5)CC(C)CN34)N(C)C2=O)c1. The molecule has 7 heteroatoms. The van der Waals surface area contributed by atoms with Gasteiger partial charge < -0.3 is 9.80 Å². The molecule has 3 amide bonds. The predicted molar refractivity (Wildman–Crippen MR) is 129 cm³/mol. The van der Waals surface area contributed by atoms with Crippen molar-refractivity contribution < 1.29 is 9.59 Å². The Balaban J connectivity index is 1.47. The summed E-state index contributed by atoms with van der Waals surface area (Å²) in [4.78, 5) is 34.7. The average Bonchev–Trinajstić information content (AvgIpc) is 3.13. The van der Waals surface area contributed by atoms with E-state index in [1.165, 1.54) is 16.0 Å². The average molecular weight is 448 g/mol. The van der Waals surface area contributed by atoms with Crippen molar-refractivity contribution >= 4 is 17.6 Å². The maximum atomic E-state index is 13.7. The van der Waals surface area contributed by atoms with Crippen LogP contribution in [0, 0.1) is 26.7 Å². The van der Waals surface area contributed by atoms with Crippen LogP contribution in [0.3, 0.4) is 0 Å². The van der Waals surface area contributed by atoms with Crippen molar-refractivity contribution in [3.8, 4) is 0 Å². The smallest absolute Gasteiger partial charge is 0.328 e. The number of nitrogens with zero attached hydrogens (tertiary/aromatic N) is 4. The van der Waals surface area contributed by atoms with Crippen molar-refractivity contribution in [2.75, 3.05) is 25.0 Å². The Morgan fingerprint density at radius 2 is 1.70 bits per heavy atom. The van der Waals surface area contributed by atoms with Crippen molar-refractivity contribution in [3.63, 3.8) is 0 Å². The highest BCUT2D eigenvalue weighted by Crippen LogP contribution is 2.35. The van der Waals surface area contributed by atoms with Crippen LogP contribution in [0.5, 0.6) is 0 Å². The molecule has 1 N–H and O–H groups in total. The number of amides is 3. The number of hydrogen-bond acceptors (Lipinski definition) is 5. The molecule has 4 atom stereocenters. The molecule has 0 bridgehead atoms. The topological polar surface area (TPSA) is 59.1 Å². The van der Waals surface area contributed by atoms with Crippen LogP contribution in [0.15, 0.2) is 42.5 Å². The van der Waals surface area contributed by atoms with Gasteiger partial charge in [-0.15, -0.1) is 0 Å². The first-order valence-electron chi connectivity index (χ1n) is 11.7. The van der Waals surface area contributed by atoms with E-state index in [0.29, 0.717) is 12.5 Å². The van der Waals surface area contributed by atoms with E-state index in [-0.39, 0.29) is 24.4 Å². The molecule has 4 unspecified atom stereocenters. The molecule has 0 aliphatic carbocycles. The molecule has 0 saturated carbocycles. The molecule has 2 aromatic carbocycles. The van der Waals surface area contributed by atoms with Crippen molar-refractivity contribution in [2.24, 2.45) is 5.92 Å². The molecule has 33 heavy (non-hydrogen) atoms. The minimum atomic E-state index is -0.404. The number of rotatable bonds is 3. The number of hydrogen-bond donors (Lipinski definition) is 1. The molecular formula is C26H33N5O2. The fraction of sp³-hybridized carbons (Fsp3) is 0.462. The number of carbonyl (C=O) groups is 2. The maximum absolute atomic E-state index is 13.7. The minimum Gasteiger partial charge on any atom is -0.343 e. The van der Waals surface area contributed by atoms with Crippen LogP contribution in [-0.2, 0) is 11.3 Å². The molecule has 174 valence electrons. The maximum Gasteiger partial charge on any atom is 0.328 e. The lowest BCUT2D eigenvalue weighted by Gasteiger charge is -2.46. The van der Waals surface area contributed by atoms with Gasteiger partial charge in [-0.25, -0.2) is 4.79 Å². The van der Waals surface area contributed by atoms with Crippen LogP contribution in [0.25, 0.3) is 0 Å². The summed E-state index contributed by atoms with van der Waals surface area (Å²) >= 11 is 0. The molecule has 3 aliphatic rings. The van der Waals surface area contributed by atoms with E-state index in [1.54, 1.807) is 11.9 Å². The molecule has 3 heterocycles. The van der Waals surface area contributed by atoms with Crippen molar-refractivity contribution in [1.82, 2.24) is 20.0 Å². The number of carbonyl (C=O) groups excluding carboxylic acids is 2. The summed E-state index contributed by atoms with van der Waals surface area (Å²) in [6.45, 7) is 10.5. The molecular weight excluding hydrogens is 414 g/mol. The Bertz CT molecular complexity index is 1080. The van der Waals surface area contributed by atoms with Gasteiger partial charge in [0.25, 0.3) is 5.91 Å². The van der Waals surface area contributed by atoms with E-state index in [1.807, 2.05) is 31.2 Å². The zero-order chi connectivity index (χ0) is 23.4. The van der Waals surface area contributed by atoms with Crippen LogP contribution in [-0.4, -0.2) is 65.3 Å². The number of nitrogens with one attached hydrogen (secondary N) is 1. The highest BCUT2D eigenvalue weighted by molar-refractivity contribution is 6.00. The number of urea groups is 1. The van der Waals surface area contributed by atoms with E-state index in [9.17, 15) is 9.59 Å². The number of fused-ring (bicyclic) bond motifs is 3. The number of aryl methyl sites for hydroxylation is 3. The van der Waals surface area contributed by atoms with Gasteiger partial charge in [0.1, 0.15) is 18.5 Å². The number of anilines is 1. The van der Waals surface area contributed by atoms with Crippen LogP contribution in [0.2, 0.25) is 0 Å². The van der Waals surface area contributed by atoms with E-state index in [4.69, 9.17) is 0 Å². The standard InChI is InChI=1S/C26H33N5O2/c1-16-7-6-8-20(10-16)15-31-24(32)22-23(28(5)26(31)33)27-25-29(13-19(4)14-30(22)25)21-11-17(2)9-18(3)12-21/h6-12,19,22-23,25,27H,13-15H2,1-5H3. The highest BCUT2D eigenvalue weighted by Gasteiger charge is 2.56. The van der Waals surface area contributed by atoms with Gasteiger partial charge in [0.05, 0.1) is 6.54 Å². The summed E-state index contributed by atoms with van der Waals surface area (Å²) in [7, 11) is 1.80. The van der Waals surface area contributed by atoms with E-state index in [0.717, 1.165) is 29.9 Å². The lowest BCUT2D eigenvalue weighted by atomic mass is 10.0. The number of benzene rings is 2. The van der Waals surface area contributed by atoms with Gasteiger partial charge in [0.2, 0.25) is 0 Å². The third kappa shape index (κ3) is 3.79. The molecule has 0 radical (unpaired) electrons. The van der Waals surface area contributed by atoms with Crippen LogP contribution in [0.4, 0.5) is 10.5 Å². The van der Waals surface area contributed by atoms with Gasteiger partial charge in [-0.05, 0) is 55.5 Å². The lowest BCUT2D eigenvalue weighted by Crippen LogP contribution is -2.66. The Kier molecular flexibility index (Phi) is 5.41. The summed E-state index contributed by atoms with van der Waals surface area (Å²) in [6, 6.07) is 13.9. The molecule has 0 aromatic heterocycles.